The van der Waals surface area contributed by atoms with Gasteiger partial charge in [0.2, 0.25) is 5.91 Å². The highest BCUT2D eigenvalue weighted by molar-refractivity contribution is 6.04. The second kappa shape index (κ2) is 11.6. The highest BCUT2D eigenvalue weighted by atomic mass is 19.1. The van der Waals surface area contributed by atoms with Crippen molar-refractivity contribution in [2.45, 2.75) is 26.3 Å². The van der Waals surface area contributed by atoms with Crippen molar-refractivity contribution in [3.8, 4) is 5.75 Å². The number of rotatable bonds is 10. The summed E-state index contributed by atoms with van der Waals surface area (Å²) in [6.07, 6.45) is 0.862. The van der Waals surface area contributed by atoms with E-state index in [0.29, 0.717) is 48.6 Å². The molecular formula is C26H25FN2O4. The highest BCUT2D eigenvalue weighted by Crippen LogP contribution is 2.14. The summed E-state index contributed by atoms with van der Waals surface area (Å²) in [7, 11) is 0. The van der Waals surface area contributed by atoms with Gasteiger partial charge in [0.05, 0.1) is 6.61 Å². The molecule has 0 unspecified atom stereocenters. The first-order valence-electron chi connectivity index (χ1n) is 10.6. The average molecular weight is 448 g/mol. The molecule has 2 N–H and O–H groups in total. The van der Waals surface area contributed by atoms with Crippen molar-refractivity contribution in [1.82, 2.24) is 5.32 Å². The number of anilines is 1. The molecule has 0 aliphatic heterocycles. The Kier molecular flexibility index (Phi) is 8.30. The first-order chi connectivity index (χ1) is 15.9. The van der Waals surface area contributed by atoms with Gasteiger partial charge in [0, 0.05) is 29.8 Å². The Hall–Kier alpha value is -4.00. The Labute approximate surface area is 191 Å². The van der Waals surface area contributed by atoms with Gasteiger partial charge in [-0.25, -0.2) is 4.39 Å². The molecule has 0 spiro atoms. The molecule has 2 amide bonds. The van der Waals surface area contributed by atoms with Gasteiger partial charge in [-0.05, 0) is 79.6 Å². The first-order valence-corrected chi connectivity index (χ1v) is 10.6. The normalized spacial score (nSPS) is 10.4. The van der Waals surface area contributed by atoms with Crippen LogP contribution in [0.5, 0.6) is 5.75 Å². The molecule has 0 aliphatic carbocycles. The zero-order valence-electron chi connectivity index (χ0n) is 18.3. The molecule has 170 valence electrons. The molecule has 7 heteroatoms. The molecule has 0 saturated carbocycles. The van der Waals surface area contributed by atoms with Crippen LogP contribution in [0.15, 0.2) is 72.8 Å². The molecular weight excluding hydrogens is 423 g/mol. The number of carbonyl (C=O) groups excluding carboxylic acids is 3. The van der Waals surface area contributed by atoms with Crippen molar-refractivity contribution in [3.05, 3.63) is 95.3 Å². The van der Waals surface area contributed by atoms with Gasteiger partial charge in [-0.1, -0.05) is 12.1 Å². The van der Waals surface area contributed by atoms with Crippen molar-refractivity contribution in [2.75, 3.05) is 11.9 Å². The van der Waals surface area contributed by atoms with Gasteiger partial charge in [-0.3, -0.25) is 14.4 Å². The van der Waals surface area contributed by atoms with Crippen molar-refractivity contribution in [2.24, 2.45) is 0 Å². The number of ketones is 1. The fourth-order valence-electron chi connectivity index (χ4n) is 3.06. The van der Waals surface area contributed by atoms with Gasteiger partial charge in [-0.15, -0.1) is 0 Å². The predicted molar refractivity (Wildman–Crippen MR) is 124 cm³/mol. The molecule has 0 aliphatic rings. The Balaban J connectivity index is 1.39. The van der Waals surface area contributed by atoms with Gasteiger partial charge < -0.3 is 15.4 Å². The Morgan fingerprint density at radius 3 is 2.30 bits per heavy atom. The largest absolute Gasteiger partial charge is 0.494 e. The number of hydrogen-bond donors (Lipinski definition) is 2. The number of hydrogen-bond acceptors (Lipinski definition) is 4. The van der Waals surface area contributed by atoms with Gasteiger partial charge in [0.1, 0.15) is 11.6 Å². The van der Waals surface area contributed by atoms with Crippen LogP contribution in [0.25, 0.3) is 0 Å². The molecule has 3 aromatic rings. The topological polar surface area (TPSA) is 84.5 Å². The molecule has 6 nitrogen and oxygen atoms in total. The molecule has 0 saturated heterocycles. The van der Waals surface area contributed by atoms with Crippen LogP contribution < -0.4 is 15.4 Å². The van der Waals surface area contributed by atoms with Crippen LogP contribution in [-0.4, -0.2) is 24.2 Å². The average Bonchev–Trinajstić information content (AvgIpc) is 2.81. The Bertz CT molecular complexity index is 1110. The molecule has 0 aromatic heterocycles. The number of halogens is 1. The molecule has 3 rings (SSSR count). The maximum absolute atomic E-state index is 13.0. The zero-order chi connectivity index (χ0) is 23.6. The second-order valence-corrected chi connectivity index (χ2v) is 7.47. The number of ether oxygens (including phenoxy) is 1. The summed E-state index contributed by atoms with van der Waals surface area (Å²) in [5.74, 6) is -0.198. The fraction of sp³-hybridized carbons (Fsp3) is 0.192. The quantitative estimate of drug-likeness (QED) is 0.346. The lowest BCUT2D eigenvalue weighted by Gasteiger charge is -2.09. The van der Waals surface area contributed by atoms with Gasteiger partial charge in [0.15, 0.2) is 5.78 Å². The molecule has 3 aromatic carbocycles. The lowest BCUT2D eigenvalue weighted by Crippen LogP contribution is -2.23. The highest BCUT2D eigenvalue weighted by Gasteiger charge is 2.07. The Morgan fingerprint density at radius 1 is 0.909 bits per heavy atom. The van der Waals surface area contributed by atoms with E-state index in [4.69, 9.17) is 4.74 Å². The third-order valence-corrected chi connectivity index (χ3v) is 4.86. The molecule has 0 bridgehead atoms. The summed E-state index contributed by atoms with van der Waals surface area (Å²) in [6.45, 7) is 2.22. The van der Waals surface area contributed by atoms with E-state index in [1.165, 1.54) is 31.2 Å². The van der Waals surface area contributed by atoms with Crippen molar-refractivity contribution >= 4 is 23.3 Å². The zero-order valence-corrected chi connectivity index (χ0v) is 18.3. The van der Waals surface area contributed by atoms with Crippen LogP contribution in [0.4, 0.5) is 10.1 Å². The molecule has 0 atom stereocenters. The van der Waals surface area contributed by atoms with Crippen molar-refractivity contribution < 1.29 is 23.5 Å². The minimum Gasteiger partial charge on any atom is -0.494 e. The fourth-order valence-corrected chi connectivity index (χ4v) is 3.06. The standard InChI is InChI=1S/C26H25FN2O4/c1-18(30)20-9-13-24(14-10-20)33-15-3-6-25(31)28-17-19-4-2-5-23(16-19)29-26(32)21-7-11-22(27)12-8-21/h2,4-5,7-14,16H,3,6,15,17H2,1H3,(H,28,31)(H,29,32). The summed E-state index contributed by atoms with van der Waals surface area (Å²) in [6, 6.07) is 19.3. The van der Waals surface area contributed by atoms with Crippen LogP contribution in [0.1, 0.15) is 46.0 Å². The molecule has 0 radical (unpaired) electrons. The van der Waals surface area contributed by atoms with E-state index in [-0.39, 0.29) is 17.6 Å². The summed E-state index contributed by atoms with van der Waals surface area (Å²) in [4.78, 5) is 35.7. The van der Waals surface area contributed by atoms with E-state index in [1.807, 2.05) is 6.07 Å². The van der Waals surface area contributed by atoms with Crippen molar-refractivity contribution in [1.29, 1.82) is 0 Å². The number of nitrogens with one attached hydrogen (secondary N) is 2. The minimum absolute atomic E-state index is 0.000910. The van der Waals surface area contributed by atoms with E-state index in [0.717, 1.165) is 5.56 Å². The van der Waals surface area contributed by atoms with E-state index in [1.54, 1.807) is 42.5 Å². The lowest BCUT2D eigenvalue weighted by molar-refractivity contribution is -0.121. The van der Waals surface area contributed by atoms with Crippen LogP contribution in [-0.2, 0) is 11.3 Å². The summed E-state index contributed by atoms with van der Waals surface area (Å²) in [5.41, 5.74) is 2.40. The van der Waals surface area contributed by atoms with Gasteiger partial charge in [0.25, 0.3) is 5.91 Å². The molecule has 0 fully saturated rings. The van der Waals surface area contributed by atoms with Crippen LogP contribution in [0.3, 0.4) is 0 Å². The number of benzene rings is 3. The van der Waals surface area contributed by atoms with E-state index in [2.05, 4.69) is 10.6 Å². The summed E-state index contributed by atoms with van der Waals surface area (Å²) >= 11 is 0. The maximum atomic E-state index is 13.0. The van der Waals surface area contributed by atoms with Crippen LogP contribution in [0.2, 0.25) is 0 Å². The van der Waals surface area contributed by atoms with Gasteiger partial charge >= 0.3 is 0 Å². The summed E-state index contributed by atoms with van der Waals surface area (Å²) in [5, 5.41) is 5.61. The first kappa shape index (κ1) is 23.7. The maximum Gasteiger partial charge on any atom is 0.255 e. The number of amides is 2. The lowest BCUT2D eigenvalue weighted by atomic mass is 10.1. The third kappa shape index (κ3) is 7.57. The second-order valence-electron chi connectivity index (χ2n) is 7.47. The third-order valence-electron chi connectivity index (χ3n) is 4.86. The monoisotopic (exact) mass is 448 g/mol. The van der Waals surface area contributed by atoms with E-state index >= 15 is 0 Å². The van der Waals surface area contributed by atoms with E-state index < -0.39 is 5.82 Å². The van der Waals surface area contributed by atoms with Gasteiger partial charge in [-0.2, -0.15) is 0 Å². The molecule has 33 heavy (non-hydrogen) atoms. The predicted octanol–water partition coefficient (Wildman–Crippen LogP) is 4.76. The Morgan fingerprint density at radius 2 is 1.61 bits per heavy atom. The number of Topliss-reactive ketones (excluding diaryl/α,β-unsaturated/α-hetero) is 1. The number of carbonyl (C=O) groups is 3. The van der Waals surface area contributed by atoms with Crippen LogP contribution >= 0.6 is 0 Å². The minimum atomic E-state index is -0.404. The van der Waals surface area contributed by atoms with Crippen molar-refractivity contribution in [3.63, 3.8) is 0 Å². The SMILES string of the molecule is CC(=O)c1ccc(OCCCC(=O)NCc2cccc(NC(=O)c3ccc(F)cc3)c2)cc1. The smallest absolute Gasteiger partial charge is 0.255 e. The molecule has 0 heterocycles. The van der Waals surface area contributed by atoms with Crippen LogP contribution in [0, 0.1) is 5.82 Å². The summed E-state index contributed by atoms with van der Waals surface area (Å²) < 4.78 is 18.6. The van der Waals surface area contributed by atoms with E-state index in [9.17, 15) is 18.8 Å².